The van der Waals surface area contributed by atoms with E-state index in [1.165, 1.54) is 5.56 Å². The van der Waals surface area contributed by atoms with E-state index >= 15 is 0 Å². The van der Waals surface area contributed by atoms with Crippen molar-refractivity contribution in [1.29, 1.82) is 0 Å². The van der Waals surface area contributed by atoms with Gasteiger partial charge in [0, 0.05) is 5.69 Å². The zero-order valence-corrected chi connectivity index (χ0v) is 17.9. The number of carbonyl (C=O) groups excluding carboxylic acids is 2. The number of hydrogen-bond acceptors (Lipinski definition) is 4. The number of unbranched alkanes of at least 4 members (excludes halogenated alkanes) is 1. The van der Waals surface area contributed by atoms with Gasteiger partial charge in [0.25, 0.3) is 5.91 Å². The van der Waals surface area contributed by atoms with Crippen molar-refractivity contribution in [2.24, 2.45) is 0 Å². The fraction of sp³-hybridized carbons (Fsp3) is 0.364. The maximum absolute atomic E-state index is 12.2. The first-order valence-electron chi connectivity index (χ1n) is 9.51. The highest BCUT2D eigenvalue weighted by molar-refractivity contribution is 9.10. The van der Waals surface area contributed by atoms with Crippen molar-refractivity contribution >= 4 is 33.5 Å². The third-order valence-corrected chi connectivity index (χ3v) is 4.63. The molecule has 0 aliphatic carbocycles. The van der Waals surface area contributed by atoms with Crippen molar-refractivity contribution in [1.82, 2.24) is 0 Å². The van der Waals surface area contributed by atoms with Crippen LogP contribution in [0.15, 0.2) is 46.9 Å². The average molecular weight is 448 g/mol. The Labute approximate surface area is 174 Å². The van der Waals surface area contributed by atoms with Gasteiger partial charge >= 0.3 is 5.97 Å². The summed E-state index contributed by atoms with van der Waals surface area (Å²) < 4.78 is 11.6. The third-order valence-electron chi connectivity index (χ3n) is 4.01. The van der Waals surface area contributed by atoms with Crippen LogP contribution in [-0.4, -0.2) is 25.1 Å². The third kappa shape index (κ3) is 7.00. The number of esters is 1. The standard InChI is InChI=1S/C22H26BrNO4/c1-3-5-12-27-22(26)17-8-6-9-18(14-17)24-21(25)15-28-20-11-10-16(7-4-2)13-19(20)23/h6,8-11,13-14H,3-5,7,12,15H2,1-2H3,(H,24,25). The van der Waals surface area contributed by atoms with Crippen LogP contribution in [0.3, 0.4) is 0 Å². The van der Waals surface area contributed by atoms with Crippen molar-refractivity contribution in [2.75, 3.05) is 18.5 Å². The minimum absolute atomic E-state index is 0.128. The van der Waals surface area contributed by atoms with Gasteiger partial charge in [-0.15, -0.1) is 0 Å². The zero-order chi connectivity index (χ0) is 20.4. The Morgan fingerprint density at radius 2 is 1.89 bits per heavy atom. The van der Waals surface area contributed by atoms with Crippen LogP contribution in [0, 0.1) is 0 Å². The van der Waals surface area contributed by atoms with Gasteiger partial charge in [-0.05, 0) is 64.7 Å². The van der Waals surface area contributed by atoms with Crippen LogP contribution in [0.5, 0.6) is 5.75 Å². The monoisotopic (exact) mass is 447 g/mol. The maximum atomic E-state index is 12.2. The molecule has 0 spiro atoms. The van der Waals surface area contributed by atoms with Crippen LogP contribution >= 0.6 is 15.9 Å². The SMILES string of the molecule is CCCCOC(=O)c1cccc(NC(=O)COc2ccc(CCC)cc2Br)c1. The average Bonchev–Trinajstić information content (AvgIpc) is 2.68. The van der Waals surface area contributed by atoms with Crippen LogP contribution in [-0.2, 0) is 16.0 Å². The first kappa shape index (κ1) is 22.0. The molecule has 28 heavy (non-hydrogen) atoms. The maximum Gasteiger partial charge on any atom is 0.338 e. The van der Waals surface area contributed by atoms with E-state index in [2.05, 4.69) is 28.2 Å². The summed E-state index contributed by atoms with van der Waals surface area (Å²) >= 11 is 3.48. The van der Waals surface area contributed by atoms with Crippen LogP contribution in [0.4, 0.5) is 5.69 Å². The molecule has 0 atom stereocenters. The second-order valence-corrected chi connectivity index (χ2v) is 7.28. The van der Waals surface area contributed by atoms with Gasteiger partial charge in [-0.3, -0.25) is 4.79 Å². The van der Waals surface area contributed by atoms with Gasteiger partial charge in [0.15, 0.2) is 6.61 Å². The van der Waals surface area contributed by atoms with E-state index < -0.39 is 5.97 Å². The van der Waals surface area contributed by atoms with Crippen molar-refractivity contribution in [3.05, 3.63) is 58.1 Å². The number of benzene rings is 2. The molecule has 6 heteroatoms. The second kappa shape index (κ2) is 11.5. The number of amides is 1. The molecule has 5 nitrogen and oxygen atoms in total. The number of halogens is 1. The summed E-state index contributed by atoms with van der Waals surface area (Å²) in [5.74, 6) is -0.0822. The molecule has 0 fully saturated rings. The molecule has 2 aromatic rings. The molecule has 0 radical (unpaired) electrons. The Morgan fingerprint density at radius 1 is 1.07 bits per heavy atom. The normalized spacial score (nSPS) is 10.4. The van der Waals surface area contributed by atoms with E-state index in [1.807, 2.05) is 25.1 Å². The van der Waals surface area contributed by atoms with Crippen molar-refractivity contribution < 1.29 is 19.1 Å². The lowest BCUT2D eigenvalue weighted by Crippen LogP contribution is -2.20. The molecule has 0 bridgehead atoms. The Hall–Kier alpha value is -2.34. The number of anilines is 1. The summed E-state index contributed by atoms with van der Waals surface area (Å²) in [6, 6.07) is 12.5. The first-order valence-corrected chi connectivity index (χ1v) is 10.3. The van der Waals surface area contributed by atoms with E-state index in [-0.39, 0.29) is 12.5 Å². The molecule has 0 aliphatic rings. The predicted molar refractivity (Wildman–Crippen MR) is 114 cm³/mol. The van der Waals surface area contributed by atoms with E-state index in [1.54, 1.807) is 24.3 Å². The molecule has 150 valence electrons. The molecule has 0 heterocycles. The van der Waals surface area contributed by atoms with Gasteiger partial charge in [-0.25, -0.2) is 4.79 Å². The zero-order valence-electron chi connectivity index (χ0n) is 16.3. The fourth-order valence-corrected chi connectivity index (χ4v) is 3.10. The van der Waals surface area contributed by atoms with Crippen LogP contribution < -0.4 is 10.1 Å². The quantitative estimate of drug-likeness (QED) is 0.392. The van der Waals surface area contributed by atoms with Gasteiger partial charge in [0.2, 0.25) is 0 Å². The van der Waals surface area contributed by atoms with E-state index in [9.17, 15) is 9.59 Å². The second-order valence-electron chi connectivity index (χ2n) is 6.42. The molecule has 0 aromatic heterocycles. The Morgan fingerprint density at radius 3 is 2.61 bits per heavy atom. The molecule has 1 N–H and O–H groups in total. The number of hydrogen-bond donors (Lipinski definition) is 1. The number of ether oxygens (including phenoxy) is 2. The molecule has 2 rings (SSSR count). The highest BCUT2D eigenvalue weighted by Crippen LogP contribution is 2.26. The number of carbonyl (C=O) groups is 2. The summed E-state index contributed by atoms with van der Waals surface area (Å²) in [4.78, 5) is 24.2. The number of nitrogens with one attached hydrogen (secondary N) is 1. The van der Waals surface area contributed by atoms with Crippen molar-refractivity contribution in [2.45, 2.75) is 39.5 Å². The smallest absolute Gasteiger partial charge is 0.338 e. The lowest BCUT2D eigenvalue weighted by Gasteiger charge is -2.11. The van der Waals surface area contributed by atoms with E-state index in [0.717, 1.165) is 30.2 Å². The van der Waals surface area contributed by atoms with Gasteiger partial charge < -0.3 is 14.8 Å². The van der Waals surface area contributed by atoms with Crippen LogP contribution in [0.2, 0.25) is 0 Å². The number of rotatable bonds is 10. The molecule has 0 saturated carbocycles. The molecule has 0 saturated heterocycles. The molecular weight excluding hydrogens is 422 g/mol. The Balaban J connectivity index is 1.89. The summed E-state index contributed by atoms with van der Waals surface area (Å²) in [5.41, 5.74) is 2.15. The topological polar surface area (TPSA) is 64.6 Å². The Bertz CT molecular complexity index is 807. The summed E-state index contributed by atoms with van der Waals surface area (Å²) in [5, 5.41) is 2.74. The van der Waals surface area contributed by atoms with Crippen LogP contribution in [0.25, 0.3) is 0 Å². The lowest BCUT2D eigenvalue weighted by atomic mass is 10.1. The van der Waals surface area contributed by atoms with Gasteiger partial charge in [0.1, 0.15) is 5.75 Å². The fourth-order valence-electron chi connectivity index (χ4n) is 2.56. The molecule has 0 unspecified atom stereocenters. The van der Waals surface area contributed by atoms with Crippen molar-refractivity contribution in [3.63, 3.8) is 0 Å². The van der Waals surface area contributed by atoms with Gasteiger partial charge in [0.05, 0.1) is 16.6 Å². The van der Waals surface area contributed by atoms with Crippen LogP contribution in [0.1, 0.15) is 49.0 Å². The molecule has 1 amide bonds. The van der Waals surface area contributed by atoms with Gasteiger partial charge in [-0.2, -0.15) is 0 Å². The summed E-state index contributed by atoms with van der Waals surface area (Å²) in [7, 11) is 0. The first-order chi connectivity index (χ1) is 13.5. The van der Waals surface area contributed by atoms with E-state index in [4.69, 9.17) is 9.47 Å². The number of aryl methyl sites for hydroxylation is 1. The summed E-state index contributed by atoms with van der Waals surface area (Å²) in [6.07, 6.45) is 3.85. The minimum atomic E-state index is -0.392. The molecule has 2 aromatic carbocycles. The Kier molecular flexibility index (Phi) is 9.01. The summed E-state index contributed by atoms with van der Waals surface area (Å²) in [6.45, 7) is 4.43. The minimum Gasteiger partial charge on any atom is -0.483 e. The van der Waals surface area contributed by atoms with E-state index in [0.29, 0.717) is 23.6 Å². The highest BCUT2D eigenvalue weighted by atomic mass is 79.9. The highest BCUT2D eigenvalue weighted by Gasteiger charge is 2.10. The molecule has 0 aliphatic heterocycles. The lowest BCUT2D eigenvalue weighted by molar-refractivity contribution is -0.118. The predicted octanol–water partition coefficient (Wildman–Crippen LogP) is 5.38. The molecular formula is C22H26BrNO4. The van der Waals surface area contributed by atoms with Crippen molar-refractivity contribution in [3.8, 4) is 5.75 Å². The van der Waals surface area contributed by atoms with Gasteiger partial charge in [-0.1, -0.05) is 38.8 Å². The largest absolute Gasteiger partial charge is 0.483 e.